The smallest absolute Gasteiger partial charge is 0.164 e. The Bertz CT molecular complexity index is 2710. The molecule has 2 atom stereocenters. The van der Waals surface area contributed by atoms with E-state index >= 15 is 0 Å². The van der Waals surface area contributed by atoms with Gasteiger partial charge in [-0.15, -0.1) is 0 Å². The second-order valence-electron chi connectivity index (χ2n) is 14.3. The molecule has 5 aliphatic rings. The molecule has 0 saturated carbocycles. The number of hydrogen-bond donors (Lipinski definition) is 0. The molecule has 10 rings (SSSR count). The Morgan fingerprint density at radius 2 is 1.52 bits per heavy atom. The first-order valence-corrected chi connectivity index (χ1v) is 18.5. The summed E-state index contributed by atoms with van der Waals surface area (Å²) in [6, 6.07) is 34.6. The summed E-state index contributed by atoms with van der Waals surface area (Å²) in [7, 11) is 0. The van der Waals surface area contributed by atoms with Crippen LogP contribution in [0.3, 0.4) is 0 Å². The summed E-state index contributed by atoms with van der Waals surface area (Å²) in [6.45, 7) is 0. The minimum absolute atomic E-state index is 0.129. The van der Waals surface area contributed by atoms with E-state index in [0.717, 1.165) is 81.7 Å². The van der Waals surface area contributed by atoms with Gasteiger partial charge in [0.2, 0.25) is 0 Å². The summed E-state index contributed by atoms with van der Waals surface area (Å²) in [4.78, 5) is 15.3. The number of benzene rings is 4. The van der Waals surface area contributed by atoms with Crippen LogP contribution in [0.5, 0.6) is 11.5 Å². The van der Waals surface area contributed by atoms with Crippen molar-refractivity contribution in [2.45, 2.75) is 43.4 Å². The zero-order valence-corrected chi connectivity index (χ0v) is 29.5. The van der Waals surface area contributed by atoms with E-state index < -0.39 is 5.41 Å². The molecule has 4 aromatic carbocycles. The third-order valence-electron chi connectivity index (χ3n) is 11.3. The molecule has 0 N–H and O–H groups in total. The zero-order valence-electron chi connectivity index (χ0n) is 29.5. The Hall–Kier alpha value is -6.89. The molecule has 0 radical (unpaired) electrons. The van der Waals surface area contributed by atoms with Crippen molar-refractivity contribution in [1.29, 1.82) is 10.5 Å². The molecule has 1 aliphatic heterocycles. The van der Waals surface area contributed by atoms with E-state index in [1.54, 1.807) is 6.08 Å². The fourth-order valence-corrected chi connectivity index (χ4v) is 8.80. The zero-order chi connectivity index (χ0) is 36.2. The lowest BCUT2D eigenvalue weighted by atomic mass is 9.65. The van der Waals surface area contributed by atoms with Crippen LogP contribution in [0.15, 0.2) is 145 Å². The van der Waals surface area contributed by atoms with Gasteiger partial charge >= 0.3 is 0 Å². The van der Waals surface area contributed by atoms with Crippen molar-refractivity contribution in [1.82, 2.24) is 15.0 Å². The maximum atomic E-state index is 9.86. The van der Waals surface area contributed by atoms with Gasteiger partial charge in [-0.1, -0.05) is 103 Å². The first-order valence-electron chi connectivity index (χ1n) is 18.5. The molecule has 1 aromatic heterocycles. The van der Waals surface area contributed by atoms with Crippen LogP contribution in [0.1, 0.15) is 77.5 Å². The highest BCUT2D eigenvalue weighted by Crippen LogP contribution is 2.62. The maximum absolute atomic E-state index is 9.86. The monoisotopic (exact) mass is 695 g/mol. The molecule has 6 nitrogen and oxygen atoms in total. The molecular formula is C48H33N5O. The molecular weight excluding hydrogens is 663 g/mol. The molecule has 54 heavy (non-hydrogen) atoms. The Kier molecular flexibility index (Phi) is 7.46. The Labute approximate surface area is 314 Å². The quantitative estimate of drug-likeness (QED) is 0.182. The lowest BCUT2D eigenvalue weighted by molar-refractivity contribution is 0.436. The van der Waals surface area contributed by atoms with Crippen molar-refractivity contribution in [2.75, 3.05) is 0 Å². The van der Waals surface area contributed by atoms with Crippen LogP contribution >= 0.6 is 0 Å². The number of para-hydroxylation sites is 1. The summed E-state index contributed by atoms with van der Waals surface area (Å²) in [6.07, 6.45) is 20.9. The number of fused-ring (bicyclic) bond motifs is 9. The average molecular weight is 696 g/mol. The van der Waals surface area contributed by atoms with Gasteiger partial charge in [-0.05, 0) is 95.8 Å². The molecule has 0 saturated heterocycles. The maximum Gasteiger partial charge on any atom is 0.164 e. The molecule has 256 valence electrons. The van der Waals surface area contributed by atoms with Crippen molar-refractivity contribution >= 4 is 11.1 Å². The van der Waals surface area contributed by atoms with E-state index in [1.165, 1.54) is 11.1 Å². The van der Waals surface area contributed by atoms with Crippen LogP contribution in [0, 0.1) is 22.7 Å². The fraction of sp³-hybridized carbons (Fsp3) is 0.146. The summed E-state index contributed by atoms with van der Waals surface area (Å²) in [5, 5.41) is 19.7. The van der Waals surface area contributed by atoms with Gasteiger partial charge in [0.15, 0.2) is 17.5 Å². The van der Waals surface area contributed by atoms with Crippen LogP contribution in [-0.4, -0.2) is 15.0 Å². The second kappa shape index (κ2) is 12.7. The standard InChI is InChI=1S/C48H33N5O/c49-28-30-23-31(29-50)25-36(24-30)34-20-22-44-42(26-34)48(40-17-9-10-18-43(40)54-44)39-16-8-7-15-37(39)38-21-19-35(27-41(38)48)47-52-45(32-11-3-1-4-12-32)51-46(53-47)33-13-5-2-6-14-33/h1,3,5,7-11,13-24,26-27,36H,2,4,6,12,25H2. The highest BCUT2D eigenvalue weighted by atomic mass is 16.5. The lowest BCUT2D eigenvalue weighted by Crippen LogP contribution is -2.32. The summed E-state index contributed by atoms with van der Waals surface area (Å²) >= 11 is 0. The third kappa shape index (κ3) is 4.95. The molecule has 4 aliphatic carbocycles. The first kappa shape index (κ1) is 31.8. The minimum atomic E-state index is -0.726. The number of ether oxygens (including phenoxy) is 1. The third-order valence-corrected chi connectivity index (χ3v) is 11.3. The first-order chi connectivity index (χ1) is 26.6. The summed E-state index contributed by atoms with van der Waals surface area (Å²) < 4.78 is 6.71. The second-order valence-corrected chi connectivity index (χ2v) is 14.3. The molecule has 2 heterocycles. The van der Waals surface area contributed by atoms with E-state index in [1.807, 2.05) is 18.2 Å². The molecule has 0 bridgehead atoms. The number of nitrogens with zero attached hydrogens (tertiary/aromatic N) is 5. The van der Waals surface area contributed by atoms with Gasteiger partial charge < -0.3 is 4.74 Å². The van der Waals surface area contributed by atoms with Gasteiger partial charge in [-0.2, -0.15) is 10.5 Å². The lowest BCUT2D eigenvalue weighted by Gasteiger charge is -2.40. The molecule has 0 amide bonds. The minimum Gasteiger partial charge on any atom is -0.457 e. The van der Waals surface area contributed by atoms with Crippen molar-refractivity contribution in [3.63, 3.8) is 0 Å². The van der Waals surface area contributed by atoms with Gasteiger partial charge in [0, 0.05) is 39.3 Å². The van der Waals surface area contributed by atoms with Crippen LogP contribution < -0.4 is 4.74 Å². The normalized spacial score (nSPS) is 20.1. The predicted octanol–water partition coefficient (Wildman–Crippen LogP) is 10.9. The van der Waals surface area contributed by atoms with Gasteiger partial charge in [-0.3, -0.25) is 0 Å². The van der Waals surface area contributed by atoms with Gasteiger partial charge in [0.05, 0.1) is 17.6 Å². The van der Waals surface area contributed by atoms with Crippen molar-refractivity contribution in [3.8, 4) is 46.2 Å². The largest absolute Gasteiger partial charge is 0.457 e. The van der Waals surface area contributed by atoms with Crippen molar-refractivity contribution in [3.05, 3.63) is 184 Å². The van der Waals surface area contributed by atoms with Gasteiger partial charge in [0.25, 0.3) is 0 Å². The van der Waals surface area contributed by atoms with E-state index in [4.69, 9.17) is 19.7 Å². The summed E-state index contributed by atoms with van der Waals surface area (Å²) in [5.74, 6) is 3.50. The fourth-order valence-electron chi connectivity index (χ4n) is 8.80. The number of nitriles is 2. The topological polar surface area (TPSA) is 95.5 Å². The van der Waals surface area contributed by atoms with E-state index in [0.29, 0.717) is 35.0 Å². The van der Waals surface area contributed by atoms with Crippen LogP contribution in [0.2, 0.25) is 0 Å². The highest BCUT2D eigenvalue weighted by Gasteiger charge is 2.51. The van der Waals surface area contributed by atoms with Gasteiger partial charge in [-0.25, -0.2) is 15.0 Å². The summed E-state index contributed by atoms with van der Waals surface area (Å²) in [5.41, 5.74) is 11.2. The number of hydrogen-bond acceptors (Lipinski definition) is 6. The highest BCUT2D eigenvalue weighted by molar-refractivity contribution is 5.90. The van der Waals surface area contributed by atoms with Gasteiger partial charge in [0.1, 0.15) is 11.5 Å². The molecule has 5 aromatic rings. The van der Waals surface area contributed by atoms with Crippen molar-refractivity contribution in [2.24, 2.45) is 0 Å². The molecule has 6 heteroatoms. The Balaban J connectivity index is 1.22. The van der Waals surface area contributed by atoms with Crippen molar-refractivity contribution < 1.29 is 4.74 Å². The van der Waals surface area contributed by atoms with E-state index in [-0.39, 0.29) is 5.92 Å². The predicted molar refractivity (Wildman–Crippen MR) is 210 cm³/mol. The number of aromatic nitrogens is 3. The number of allylic oxidation sites excluding steroid dienone is 12. The number of rotatable bonds is 4. The van der Waals surface area contributed by atoms with E-state index in [2.05, 4.69) is 121 Å². The van der Waals surface area contributed by atoms with Crippen LogP contribution in [-0.2, 0) is 5.41 Å². The van der Waals surface area contributed by atoms with Crippen LogP contribution in [0.4, 0.5) is 0 Å². The van der Waals surface area contributed by atoms with E-state index in [9.17, 15) is 10.5 Å². The molecule has 2 unspecified atom stereocenters. The Morgan fingerprint density at radius 1 is 0.704 bits per heavy atom. The molecule has 1 spiro atoms. The Morgan fingerprint density at radius 3 is 2.35 bits per heavy atom. The molecule has 0 fully saturated rings. The SMILES string of the molecule is N#CC1=CC(c2ccc3c(c2)C2(c4ccccc4O3)c3ccccc3-c3ccc(-c4nc(C5=CCCC=C5)nc(C5=CC=CCC5)n4)cc32)CC(C#N)=C1. The van der Waals surface area contributed by atoms with Crippen LogP contribution in [0.25, 0.3) is 33.7 Å². The average Bonchev–Trinajstić information content (AvgIpc) is 3.53.